The van der Waals surface area contributed by atoms with Crippen LogP contribution in [0.1, 0.15) is 45.3 Å². The van der Waals surface area contributed by atoms with Crippen molar-refractivity contribution >= 4 is 0 Å². The summed E-state index contributed by atoms with van der Waals surface area (Å²) < 4.78 is 5.78. The van der Waals surface area contributed by atoms with Crippen LogP contribution in [-0.4, -0.2) is 35.1 Å². The smallest absolute Gasteiger partial charge is 0.194 e. The third kappa shape index (κ3) is 4.32. The van der Waals surface area contributed by atoms with E-state index in [1.165, 1.54) is 25.9 Å². The Balaban J connectivity index is 1.88. The van der Waals surface area contributed by atoms with E-state index in [1.54, 1.807) is 0 Å². The van der Waals surface area contributed by atoms with Crippen molar-refractivity contribution in [3.63, 3.8) is 0 Å². The second-order valence-electron chi connectivity index (χ2n) is 6.20. The summed E-state index contributed by atoms with van der Waals surface area (Å²) in [6, 6.07) is 0.771. The van der Waals surface area contributed by atoms with E-state index in [0.29, 0.717) is 12.0 Å². The third-order valence-corrected chi connectivity index (χ3v) is 3.87. The van der Waals surface area contributed by atoms with Crippen LogP contribution >= 0.6 is 0 Å². The molecule has 4 heteroatoms. The fourth-order valence-corrected chi connectivity index (χ4v) is 2.83. The van der Waals surface area contributed by atoms with E-state index >= 15 is 0 Å². The highest BCUT2D eigenvalue weighted by Gasteiger charge is 2.23. The minimum absolute atomic E-state index is 0.131. The minimum atomic E-state index is 0.131. The molecule has 1 aromatic heterocycles. The second kappa shape index (κ2) is 6.53. The normalized spacial score (nSPS) is 22.9. The molecule has 2 N–H and O–H groups in total. The summed E-state index contributed by atoms with van der Waals surface area (Å²) in [6.45, 7) is 8.94. The van der Waals surface area contributed by atoms with E-state index < -0.39 is 0 Å². The summed E-state index contributed by atoms with van der Waals surface area (Å²) in [5.74, 6) is 2.48. The van der Waals surface area contributed by atoms with Crippen molar-refractivity contribution in [3.05, 3.63) is 17.8 Å². The maximum atomic E-state index is 5.78. The van der Waals surface area contributed by atoms with Gasteiger partial charge < -0.3 is 15.1 Å². The van der Waals surface area contributed by atoms with Crippen molar-refractivity contribution in [2.75, 3.05) is 13.1 Å². The molecule has 19 heavy (non-hydrogen) atoms. The molecule has 0 spiro atoms. The van der Waals surface area contributed by atoms with Crippen LogP contribution in [0.3, 0.4) is 0 Å². The number of hydrogen-bond donors (Lipinski definition) is 1. The molecule has 1 aliphatic heterocycles. The molecule has 2 rings (SSSR count). The number of nitrogens with zero attached hydrogens (tertiary/aromatic N) is 2. The predicted molar refractivity (Wildman–Crippen MR) is 77.0 cm³/mol. The van der Waals surface area contributed by atoms with E-state index in [2.05, 4.69) is 23.7 Å². The van der Waals surface area contributed by atoms with Crippen LogP contribution in [0.2, 0.25) is 0 Å². The van der Waals surface area contributed by atoms with Crippen molar-refractivity contribution in [2.45, 2.75) is 58.5 Å². The number of likely N-dealkylation sites (tertiary alicyclic amines) is 1. The average Bonchev–Trinajstić information content (AvgIpc) is 2.76. The van der Waals surface area contributed by atoms with E-state index in [-0.39, 0.29) is 6.04 Å². The molecule has 108 valence electrons. The monoisotopic (exact) mass is 265 g/mol. The Morgan fingerprint density at radius 1 is 1.47 bits per heavy atom. The van der Waals surface area contributed by atoms with Crippen LogP contribution in [0, 0.1) is 5.92 Å². The molecular weight excluding hydrogens is 238 g/mol. The highest BCUT2D eigenvalue weighted by atomic mass is 16.4. The highest BCUT2D eigenvalue weighted by Crippen LogP contribution is 2.22. The number of oxazole rings is 1. The van der Waals surface area contributed by atoms with Gasteiger partial charge in [-0.15, -0.1) is 0 Å². The van der Waals surface area contributed by atoms with E-state index in [4.69, 9.17) is 10.2 Å². The summed E-state index contributed by atoms with van der Waals surface area (Å²) in [6.07, 6.45) is 6.14. The maximum absolute atomic E-state index is 5.78. The van der Waals surface area contributed by atoms with Crippen LogP contribution in [0.4, 0.5) is 0 Å². The fraction of sp³-hybridized carbons (Fsp3) is 0.800. The molecule has 2 heterocycles. The molecule has 2 unspecified atom stereocenters. The lowest BCUT2D eigenvalue weighted by Crippen LogP contribution is -2.40. The first-order valence-electron chi connectivity index (χ1n) is 7.47. The summed E-state index contributed by atoms with van der Waals surface area (Å²) in [5, 5.41) is 0. The van der Waals surface area contributed by atoms with Crippen LogP contribution < -0.4 is 5.73 Å². The Hall–Kier alpha value is -0.870. The lowest BCUT2D eigenvalue weighted by Gasteiger charge is -2.35. The number of aromatic nitrogens is 1. The lowest BCUT2D eigenvalue weighted by atomic mass is 9.94. The average molecular weight is 265 g/mol. The summed E-state index contributed by atoms with van der Waals surface area (Å²) in [7, 11) is 0. The largest absolute Gasteiger partial charge is 0.446 e. The van der Waals surface area contributed by atoms with Crippen LogP contribution in [0.25, 0.3) is 0 Å². The Labute approximate surface area is 116 Å². The zero-order valence-electron chi connectivity index (χ0n) is 12.4. The minimum Gasteiger partial charge on any atom is -0.446 e. The van der Waals surface area contributed by atoms with Gasteiger partial charge in [0.2, 0.25) is 0 Å². The molecule has 1 aromatic rings. The first kappa shape index (κ1) is 14.5. The van der Waals surface area contributed by atoms with Crippen molar-refractivity contribution in [1.29, 1.82) is 0 Å². The van der Waals surface area contributed by atoms with Gasteiger partial charge in [0.05, 0.1) is 6.20 Å². The van der Waals surface area contributed by atoms with Gasteiger partial charge in [-0.2, -0.15) is 0 Å². The van der Waals surface area contributed by atoms with Gasteiger partial charge in [0, 0.05) is 31.5 Å². The zero-order valence-corrected chi connectivity index (χ0v) is 12.4. The van der Waals surface area contributed by atoms with Gasteiger partial charge in [0.1, 0.15) is 5.76 Å². The SMILES string of the molecule is CC(N)Cc1cnc(CC2CCCN(C(C)C)C2)o1. The standard InChI is InChI=1S/C15H27N3O/c1-11(2)18-6-4-5-13(10-18)8-15-17-9-14(19-15)7-12(3)16/h9,11-13H,4-8,10,16H2,1-3H3. The van der Waals surface area contributed by atoms with E-state index in [9.17, 15) is 0 Å². The first-order valence-corrected chi connectivity index (χ1v) is 7.47. The molecular formula is C15H27N3O. The van der Waals surface area contributed by atoms with Crippen LogP contribution in [-0.2, 0) is 12.8 Å². The molecule has 0 saturated carbocycles. The van der Waals surface area contributed by atoms with Crippen molar-refractivity contribution in [2.24, 2.45) is 11.7 Å². The summed E-state index contributed by atoms with van der Waals surface area (Å²) in [5.41, 5.74) is 5.77. The Kier molecular flexibility index (Phi) is 4.99. The highest BCUT2D eigenvalue weighted by molar-refractivity contribution is 4.97. The number of hydrogen-bond acceptors (Lipinski definition) is 4. The van der Waals surface area contributed by atoms with Gasteiger partial charge in [0.15, 0.2) is 5.89 Å². The topological polar surface area (TPSA) is 55.3 Å². The molecule has 0 aromatic carbocycles. The fourth-order valence-electron chi connectivity index (χ4n) is 2.83. The van der Waals surface area contributed by atoms with Gasteiger partial charge in [-0.3, -0.25) is 0 Å². The summed E-state index contributed by atoms with van der Waals surface area (Å²) in [4.78, 5) is 6.95. The number of rotatable bonds is 5. The maximum Gasteiger partial charge on any atom is 0.194 e. The molecule has 0 radical (unpaired) electrons. The van der Waals surface area contributed by atoms with Crippen LogP contribution in [0.15, 0.2) is 10.6 Å². The van der Waals surface area contributed by atoms with Crippen molar-refractivity contribution in [1.82, 2.24) is 9.88 Å². The first-order chi connectivity index (χ1) is 9.04. The molecule has 0 amide bonds. The Bertz CT molecular complexity index is 386. The van der Waals surface area contributed by atoms with E-state index in [0.717, 1.165) is 24.5 Å². The third-order valence-electron chi connectivity index (χ3n) is 3.87. The van der Waals surface area contributed by atoms with E-state index in [1.807, 2.05) is 13.1 Å². The van der Waals surface area contributed by atoms with Crippen molar-refractivity contribution in [3.8, 4) is 0 Å². The second-order valence-corrected chi connectivity index (χ2v) is 6.20. The van der Waals surface area contributed by atoms with Gasteiger partial charge in [-0.05, 0) is 46.1 Å². The molecule has 0 aliphatic carbocycles. The predicted octanol–water partition coefficient (Wildman–Crippen LogP) is 2.23. The molecule has 1 aliphatic rings. The summed E-state index contributed by atoms with van der Waals surface area (Å²) >= 11 is 0. The zero-order chi connectivity index (χ0) is 13.8. The molecule has 0 bridgehead atoms. The quantitative estimate of drug-likeness (QED) is 0.887. The Morgan fingerprint density at radius 2 is 2.26 bits per heavy atom. The molecule has 2 atom stereocenters. The molecule has 1 fully saturated rings. The van der Waals surface area contributed by atoms with Gasteiger partial charge in [-0.1, -0.05) is 0 Å². The Morgan fingerprint density at radius 3 is 2.95 bits per heavy atom. The molecule has 1 saturated heterocycles. The number of piperidine rings is 1. The van der Waals surface area contributed by atoms with Crippen molar-refractivity contribution < 1.29 is 4.42 Å². The van der Waals surface area contributed by atoms with Gasteiger partial charge >= 0.3 is 0 Å². The number of nitrogens with two attached hydrogens (primary N) is 1. The van der Waals surface area contributed by atoms with Crippen LogP contribution in [0.5, 0.6) is 0 Å². The lowest BCUT2D eigenvalue weighted by molar-refractivity contribution is 0.136. The van der Waals surface area contributed by atoms with Gasteiger partial charge in [0.25, 0.3) is 0 Å². The molecule has 4 nitrogen and oxygen atoms in total. The van der Waals surface area contributed by atoms with Gasteiger partial charge in [-0.25, -0.2) is 4.98 Å².